The van der Waals surface area contributed by atoms with E-state index in [0.717, 1.165) is 0 Å². The average molecular weight is 358 g/mol. The second kappa shape index (κ2) is 12.9. The Balaban J connectivity index is 1.42. The van der Waals surface area contributed by atoms with Gasteiger partial charge in [-0.3, -0.25) is 0 Å². The summed E-state index contributed by atoms with van der Waals surface area (Å²) in [6.07, 6.45) is 21.1. The van der Waals surface area contributed by atoms with E-state index in [2.05, 4.69) is 47.8 Å². The molecule has 1 aromatic carbocycles. The molecule has 1 N–H and O–H groups in total. The highest BCUT2D eigenvalue weighted by atomic mass is 15.1. The molecule has 2 aromatic rings. The first-order valence-electron chi connectivity index (χ1n) is 11.3. The van der Waals surface area contributed by atoms with Gasteiger partial charge < -0.3 is 0 Å². The van der Waals surface area contributed by atoms with E-state index in [1.165, 1.54) is 113 Å². The molecule has 0 aliphatic heterocycles. The molecule has 2 rings (SSSR count). The van der Waals surface area contributed by atoms with Gasteiger partial charge in [-0.2, -0.15) is 0 Å². The number of aromatic amines is 1. The highest BCUT2D eigenvalue weighted by molar-refractivity contribution is 5.70. The molecule has 26 heavy (non-hydrogen) atoms. The van der Waals surface area contributed by atoms with Crippen LogP contribution in [0.15, 0.2) is 24.3 Å². The van der Waals surface area contributed by atoms with E-state index >= 15 is 0 Å². The van der Waals surface area contributed by atoms with Gasteiger partial charge >= 0.3 is 0 Å². The number of fused-ring (bicyclic) bond motifs is 1. The average Bonchev–Trinajstić information content (AvgIpc) is 2.98. The fourth-order valence-corrected chi connectivity index (χ4v) is 3.97. The molecular weight excluding hydrogens is 316 g/mol. The summed E-state index contributed by atoms with van der Waals surface area (Å²) >= 11 is 0. The number of benzene rings is 1. The van der Waals surface area contributed by atoms with Crippen molar-refractivity contribution in [2.45, 2.75) is 103 Å². The maximum atomic E-state index is 3.57. The summed E-state index contributed by atoms with van der Waals surface area (Å²) in [5, 5.41) is 0. The van der Waals surface area contributed by atoms with Crippen molar-refractivity contribution in [2.24, 2.45) is 7.05 Å². The first-order valence-corrected chi connectivity index (χ1v) is 11.3. The smallest absolute Gasteiger partial charge is 0.241 e. The molecule has 1 heterocycles. The molecule has 0 saturated heterocycles. The van der Waals surface area contributed by atoms with Gasteiger partial charge in [0, 0.05) is 6.42 Å². The number of nitrogens with one attached hydrogen (secondary N) is 1. The number of rotatable bonds is 15. The molecule has 0 aliphatic rings. The summed E-state index contributed by atoms with van der Waals surface area (Å²) in [4.78, 5) is 3.57. The standard InChI is InChI=1S/C24H40N2/c1-3-4-5-6-7-8-9-10-11-12-13-14-15-16-21-24-25-22-19-17-18-20-23(22)26(24)2/h17-20H,3-16,21H2,1-2H3/p+1. The fourth-order valence-electron chi connectivity index (χ4n) is 3.97. The Morgan fingerprint density at radius 3 is 1.73 bits per heavy atom. The molecular formula is C24H41N2+. The van der Waals surface area contributed by atoms with Crippen molar-refractivity contribution < 1.29 is 4.57 Å². The van der Waals surface area contributed by atoms with Crippen molar-refractivity contribution >= 4 is 11.0 Å². The first kappa shape index (κ1) is 21.0. The van der Waals surface area contributed by atoms with E-state index in [1.54, 1.807) is 0 Å². The van der Waals surface area contributed by atoms with Crippen LogP contribution in [0.5, 0.6) is 0 Å². The Labute approximate surface area is 161 Å². The van der Waals surface area contributed by atoms with Crippen LogP contribution < -0.4 is 4.57 Å². The number of hydrogen-bond acceptors (Lipinski definition) is 0. The second-order valence-corrected chi connectivity index (χ2v) is 7.99. The lowest BCUT2D eigenvalue weighted by Gasteiger charge is -2.03. The van der Waals surface area contributed by atoms with E-state index in [-0.39, 0.29) is 0 Å². The third-order valence-corrected chi connectivity index (χ3v) is 5.72. The van der Waals surface area contributed by atoms with Gasteiger partial charge in [0.25, 0.3) is 5.82 Å². The first-order chi connectivity index (χ1) is 12.8. The number of aromatic nitrogens is 2. The van der Waals surface area contributed by atoms with Crippen LogP contribution in [0.1, 0.15) is 103 Å². The SMILES string of the molecule is CCCCCCCCCCCCCCCCc1[nH]c2ccccc2[n+]1C. The molecule has 0 bridgehead atoms. The van der Waals surface area contributed by atoms with Crippen molar-refractivity contribution in [3.63, 3.8) is 0 Å². The van der Waals surface area contributed by atoms with Crippen molar-refractivity contribution in [3.8, 4) is 0 Å². The summed E-state index contributed by atoms with van der Waals surface area (Å²) in [6, 6.07) is 8.59. The summed E-state index contributed by atoms with van der Waals surface area (Å²) in [5.41, 5.74) is 2.57. The maximum absolute atomic E-state index is 3.57. The van der Waals surface area contributed by atoms with Gasteiger partial charge in [0.15, 0.2) is 11.0 Å². The van der Waals surface area contributed by atoms with Gasteiger partial charge in [0.2, 0.25) is 0 Å². The largest absolute Gasteiger partial charge is 0.254 e. The van der Waals surface area contributed by atoms with Crippen LogP contribution in [-0.4, -0.2) is 4.98 Å². The zero-order valence-corrected chi connectivity index (χ0v) is 17.4. The molecule has 0 aliphatic carbocycles. The highest BCUT2D eigenvalue weighted by Crippen LogP contribution is 2.14. The van der Waals surface area contributed by atoms with Crippen LogP contribution in [0.3, 0.4) is 0 Å². The Hall–Kier alpha value is -1.31. The lowest BCUT2D eigenvalue weighted by Crippen LogP contribution is -2.31. The zero-order valence-electron chi connectivity index (χ0n) is 17.4. The molecule has 0 unspecified atom stereocenters. The van der Waals surface area contributed by atoms with Gasteiger partial charge in [-0.25, -0.2) is 9.55 Å². The van der Waals surface area contributed by atoms with E-state index in [1.807, 2.05) is 0 Å². The Morgan fingerprint density at radius 1 is 0.692 bits per heavy atom. The maximum Gasteiger partial charge on any atom is 0.254 e. The minimum Gasteiger partial charge on any atom is -0.241 e. The topological polar surface area (TPSA) is 19.7 Å². The number of aryl methyl sites for hydroxylation is 2. The van der Waals surface area contributed by atoms with Crippen LogP contribution in [0, 0.1) is 0 Å². The van der Waals surface area contributed by atoms with Crippen LogP contribution >= 0.6 is 0 Å². The molecule has 2 nitrogen and oxygen atoms in total. The van der Waals surface area contributed by atoms with Crippen LogP contribution in [-0.2, 0) is 13.5 Å². The van der Waals surface area contributed by atoms with Crippen LogP contribution in [0.25, 0.3) is 11.0 Å². The molecule has 146 valence electrons. The molecule has 0 radical (unpaired) electrons. The number of hydrogen-bond donors (Lipinski definition) is 1. The number of para-hydroxylation sites is 2. The second-order valence-electron chi connectivity index (χ2n) is 7.99. The Kier molecular flexibility index (Phi) is 10.5. The monoisotopic (exact) mass is 357 g/mol. The van der Waals surface area contributed by atoms with Gasteiger partial charge in [-0.15, -0.1) is 0 Å². The summed E-state index contributed by atoms with van der Waals surface area (Å²) < 4.78 is 2.32. The number of H-pyrrole nitrogens is 1. The van der Waals surface area contributed by atoms with Crippen molar-refractivity contribution in [1.29, 1.82) is 0 Å². The van der Waals surface area contributed by atoms with Crippen molar-refractivity contribution in [3.05, 3.63) is 30.1 Å². The van der Waals surface area contributed by atoms with E-state index in [0.29, 0.717) is 0 Å². The Morgan fingerprint density at radius 2 is 1.19 bits per heavy atom. The van der Waals surface area contributed by atoms with E-state index in [9.17, 15) is 0 Å². The molecule has 2 heteroatoms. The normalized spacial score (nSPS) is 11.5. The molecule has 0 atom stereocenters. The molecule has 0 fully saturated rings. The molecule has 0 spiro atoms. The number of imidazole rings is 1. The van der Waals surface area contributed by atoms with Gasteiger partial charge in [-0.05, 0) is 18.6 Å². The van der Waals surface area contributed by atoms with Crippen LogP contribution in [0.4, 0.5) is 0 Å². The van der Waals surface area contributed by atoms with E-state index < -0.39 is 0 Å². The third-order valence-electron chi connectivity index (χ3n) is 5.72. The van der Waals surface area contributed by atoms with E-state index in [4.69, 9.17) is 0 Å². The fraction of sp³-hybridized carbons (Fsp3) is 0.708. The lowest BCUT2D eigenvalue weighted by molar-refractivity contribution is -0.652. The molecule has 0 amide bonds. The predicted molar refractivity (Wildman–Crippen MR) is 113 cm³/mol. The van der Waals surface area contributed by atoms with Crippen molar-refractivity contribution in [1.82, 2.24) is 4.98 Å². The van der Waals surface area contributed by atoms with Gasteiger partial charge in [0.1, 0.15) is 0 Å². The molecule has 0 saturated carbocycles. The number of nitrogens with zero attached hydrogens (tertiary/aromatic N) is 1. The summed E-state index contributed by atoms with van der Waals surface area (Å²) in [5.74, 6) is 1.37. The lowest BCUT2D eigenvalue weighted by atomic mass is 10.0. The zero-order chi connectivity index (χ0) is 18.5. The van der Waals surface area contributed by atoms with Gasteiger partial charge in [-0.1, -0.05) is 103 Å². The summed E-state index contributed by atoms with van der Waals surface area (Å²) in [6.45, 7) is 2.29. The third kappa shape index (κ3) is 7.51. The van der Waals surface area contributed by atoms with Gasteiger partial charge in [0.05, 0.1) is 7.05 Å². The van der Waals surface area contributed by atoms with Crippen LogP contribution in [0.2, 0.25) is 0 Å². The molecule has 1 aromatic heterocycles. The summed E-state index contributed by atoms with van der Waals surface area (Å²) in [7, 11) is 2.18. The highest BCUT2D eigenvalue weighted by Gasteiger charge is 2.13. The van der Waals surface area contributed by atoms with Crippen molar-refractivity contribution in [2.75, 3.05) is 0 Å². The minimum atomic E-state index is 1.17. The minimum absolute atomic E-state index is 1.17. The Bertz CT molecular complexity index is 599. The quantitative estimate of drug-likeness (QED) is 0.261. The predicted octanol–water partition coefficient (Wildman–Crippen LogP) is 7.02. The number of unbranched alkanes of at least 4 members (excludes halogenated alkanes) is 13.